The monoisotopic (exact) mass is 326 g/mol. The van der Waals surface area contributed by atoms with E-state index in [-0.39, 0.29) is 5.97 Å². The van der Waals surface area contributed by atoms with Crippen molar-refractivity contribution in [2.45, 2.75) is 19.8 Å². The van der Waals surface area contributed by atoms with E-state index in [0.29, 0.717) is 12.2 Å². The molecule has 0 aromatic heterocycles. The van der Waals surface area contributed by atoms with Crippen LogP contribution in [0.5, 0.6) is 0 Å². The van der Waals surface area contributed by atoms with Crippen LogP contribution < -0.4 is 0 Å². The van der Waals surface area contributed by atoms with Gasteiger partial charge in [0, 0.05) is 0 Å². The zero-order valence-electron chi connectivity index (χ0n) is 14.1. The van der Waals surface area contributed by atoms with E-state index in [4.69, 9.17) is 4.74 Å². The quantitative estimate of drug-likeness (QED) is 0.426. The van der Waals surface area contributed by atoms with Crippen LogP contribution in [-0.4, -0.2) is 12.6 Å². The van der Waals surface area contributed by atoms with Gasteiger partial charge in [0.05, 0.1) is 12.2 Å². The van der Waals surface area contributed by atoms with E-state index in [1.807, 2.05) is 19.1 Å². The van der Waals surface area contributed by atoms with Crippen LogP contribution in [-0.2, 0) is 17.6 Å². The van der Waals surface area contributed by atoms with E-state index < -0.39 is 0 Å². The molecule has 0 saturated carbocycles. The standard InChI is InChI=1S/C23H18O2/c1-2-25-23(24)16-8-7-15-10-18-12-21-17(13-22(18)20(15)11-16)9-14-5-3-4-6-19(14)21/h3-8,11-13H,2,9-10H2,1H3. The molecule has 0 spiro atoms. The average Bonchev–Trinajstić information content (AvgIpc) is 3.16. The molecule has 0 amide bonds. The predicted octanol–water partition coefficient (Wildman–Crippen LogP) is 5.01. The molecular weight excluding hydrogens is 308 g/mol. The maximum absolute atomic E-state index is 12.1. The number of rotatable bonds is 2. The summed E-state index contributed by atoms with van der Waals surface area (Å²) in [6.45, 7) is 2.24. The topological polar surface area (TPSA) is 26.3 Å². The van der Waals surface area contributed by atoms with Crippen molar-refractivity contribution < 1.29 is 9.53 Å². The lowest BCUT2D eigenvalue weighted by Crippen LogP contribution is -2.04. The third-order valence-corrected chi connectivity index (χ3v) is 5.31. The molecule has 3 aromatic carbocycles. The molecule has 2 aliphatic rings. The van der Waals surface area contributed by atoms with Gasteiger partial charge in [-0.05, 0) is 88.5 Å². The highest BCUT2D eigenvalue weighted by atomic mass is 16.5. The highest BCUT2D eigenvalue weighted by Gasteiger charge is 2.25. The van der Waals surface area contributed by atoms with Gasteiger partial charge >= 0.3 is 5.97 Å². The Labute approximate surface area is 147 Å². The molecule has 2 nitrogen and oxygen atoms in total. The van der Waals surface area contributed by atoms with Crippen LogP contribution in [0.2, 0.25) is 0 Å². The van der Waals surface area contributed by atoms with Gasteiger partial charge in [0.25, 0.3) is 0 Å². The third-order valence-electron chi connectivity index (χ3n) is 5.31. The first-order valence-corrected chi connectivity index (χ1v) is 8.79. The molecule has 0 aliphatic heterocycles. The average molecular weight is 326 g/mol. The Balaban J connectivity index is 1.61. The number of ether oxygens (including phenoxy) is 1. The van der Waals surface area contributed by atoms with Crippen LogP contribution >= 0.6 is 0 Å². The van der Waals surface area contributed by atoms with Gasteiger partial charge in [-0.3, -0.25) is 0 Å². The fraction of sp³-hybridized carbons (Fsp3) is 0.174. The number of hydrogen-bond acceptors (Lipinski definition) is 2. The van der Waals surface area contributed by atoms with Gasteiger partial charge < -0.3 is 4.74 Å². The van der Waals surface area contributed by atoms with Crippen LogP contribution in [0.4, 0.5) is 0 Å². The lowest BCUT2D eigenvalue weighted by atomic mass is 9.97. The summed E-state index contributed by atoms with van der Waals surface area (Å²) < 4.78 is 5.15. The molecule has 0 heterocycles. The molecule has 0 fully saturated rings. The van der Waals surface area contributed by atoms with Gasteiger partial charge in [-0.25, -0.2) is 4.79 Å². The molecule has 2 aliphatic carbocycles. The summed E-state index contributed by atoms with van der Waals surface area (Å²) >= 11 is 0. The first-order valence-electron chi connectivity index (χ1n) is 8.79. The van der Waals surface area contributed by atoms with Gasteiger partial charge in [-0.1, -0.05) is 30.3 Å². The summed E-state index contributed by atoms with van der Waals surface area (Å²) in [5.74, 6) is -0.243. The fourth-order valence-electron chi connectivity index (χ4n) is 4.15. The second-order valence-electron chi connectivity index (χ2n) is 6.77. The number of hydrogen-bond donors (Lipinski definition) is 0. The minimum Gasteiger partial charge on any atom is -0.462 e. The Morgan fingerprint density at radius 3 is 2.20 bits per heavy atom. The van der Waals surface area contributed by atoms with Crippen LogP contribution in [0.1, 0.15) is 39.5 Å². The highest BCUT2D eigenvalue weighted by molar-refractivity contribution is 5.93. The van der Waals surface area contributed by atoms with Crippen molar-refractivity contribution in [2.75, 3.05) is 6.61 Å². The van der Waals surface area contributed by atoms with E-state index in [2.05, 4.69) is 42.5 Å². The number of fused-ring (bicyclic) bond motifs is 6. The molecule has 2 heteroatoms. The van der Waals surface area contributed by atoms with Gasteiger partial charge in [0.2, 0.25) is 0 Å². The van der Waals surface area contributed by atoms with Crippen LogP contribution in [0.15, 0.2) is 54.6 Å². The van der Waals surface area contributed by atoms with Crippen molar-refractivity contribution in [1.29, 1.82) is 0 Å². The lowest BCUT2D eigenvalue weighted by molar-refractivity contribution is 0.0526. The highest BCUT2D eigenvalue weighted by Crippen LogP contribution is 2.44. The summed E-state index contributed by atoms with van der Waals surface area (Å²) in [6, 6.07) is 19.3. The first-order chi connectivity index (χ1) is 12.2. The van der Waals surface area contributed by atoms with Crippen LogP contribution in [0, 0.1) is 0 Å². The fourth-order valence-corrected chi connectivity index (χ4v) is 4.15. The summed E-state index contributed by atoms with van der Waals surface area (Å²) in [6.07, 6.45) is 1.93. The molecular formula is C23H18O2. The number of esters is 1. The van der Waals surface area contributed by atoms with Crippen molar-refractivity contribution >= 4 is 5.97 Å². The maximum Gasteiger partial charge on any atom is 0.338 e. The van der Waals surface area contributed by atoms with Gasteiger partial charge in [0.1, 0.15) is 0 Å². The second kappa shape index (κ2) is 5.32. The Morgan fingerprint density at radius 2 is 1.44 bits per heavy atom. The van der Waals surface area contributed by atoms with Gasteiger partial charge in [0.15, 0.2) is 0 Å². The molecule has 122 valence electrons. The summed E-state index contributed by atoms with van der Waals surface area (Å²) in [4.78, 5) is 12.1. The zero-order valence-corrected chi connectivity index (χ0v) is 14.1. The summed E-state index contributed by atoms with van der Waals surface area (Å²) in [5.41, 5.74) is 11.3. The Morgan fingerprint density at radius 1 is 0.800 bits per heavy atom. The predicted molar refractivity (Wildman–Crippen MR) is 98.9 cm³/mol. The maximum atomic E-state index is 12.1. The largest absolute Gasteiger partial charge is 0.462 e. The van der Waals surface area contributed by atoms with E-state index in [1.54, 1.807) is 0 Å². The molecule has 25 heavy (non-hydrogen) atoms. The molecule has 0 N–H and O–H groups in total. The Kier molecular flexibility index (Phi) is 3.08. The van der Waals surface area contributed by atoms with Crippen molar-refractivity contribution in [1.82, 2.24) is 0 Å². The molecule has 0 atom stereocenters. The number of carbonyl (C=O) groups excluding carboxylic acids is 1. The number of benzene rings is 3. The molecule has 0 bridgehead atoms. The van der Waals surface area contributed by atoms with Crippen molar-refractivity contribution in [3.8, 4) is 22.3 Å². The molecule has 0 unspecified atom stereocenters. The lowest BCUT2D eigenvalue weighted by Gasteiger charge is -2.07. The minimum atomic E-state index is -0.243. The summed E-state index contributed by atoms with van der Waals surface area (Å²) in [5, 5.41) is 0. The molecule has 0 radical (unpaired) electrons. The van der Waals surface area contributed by atoms with Crippen LogP contribution in [0.25, 0.3) is 22.3 Å². The van der Waals surface area contributed by atoms with E-state index >= 15 is 0 Å². The molecule has 3 aromatic rings. The van der Waals surface area contributed by atoms with Crippen molar-refractivity contribution in [3.05, 3.63) is 82.4 Å². The van der Waals surface area contributed by atoms with E-state index in [1.165, 1.54) is 44.5 Å². The van der Waals surface area contributed by atoms with Crippen LogP contribution in [0.3, 0.4) is 0 Å². The minimum absolute atomic E-state index is 0.243. The Bertz CT molecular complexity index is 1030. The van der Waals surface area contributed by atoms with Crippen molar-refractivity contribution in [3.63, 3.8) is 0 Å². The zero-order chi connectivity index (χ0) is 17.0. The summed E-state index contributed by atoms with van der Waals surface area (Å²) in [7, 11) is 0. The van der Waals surface area contributed by atoms with Gasteiger partial charge in [-0.2, -0.15) is 0 Å². The second-order valence-corrected chi connectivity index (χ2v) is 6.77. The third kappa shape index (κ3) is 2.14. The SMILES string of the molecule is CCOC(=O)c1ccc2c(c1)-c1cc3c(cc1C2)-c1ccccc1C3. The Hall–Kier alpha value is -2.87. The molecule has 5 rings (SSSR count). The van der Waals surface area contributed by atoms with E-state index in [0.717, 1.165) is 12.8 Å². The number of carbonyl (C=O) groups is 1. The first kappa shape index (κ1) is 14.5. The van der Waals surface area contributed by atoms with Crippen molar-refractivity contribution in [2.24, 2.45) is 0 Å². The van der Waals surface area contributed by atoms with E-state index in [9.17, 15) is 4.79 Å². The molecule has 0 saturated heterocycles. The normalized spacial score (nSPS) is 13.0. The smallest absolute Gasteiger partial charge is 0.338 e. The van der Waals surface area contributed by atoms with Gasteiger partial charge in [-0.15, -0.1) is 0 Å².